The molecule has 1 rings (SSSR count). The van der Waals surface area contributed by atoms with E-state index in [2.05, 4.69) is 31.4 Å². The second-order valence-corrected chi connectivity index (χ2v) is 4.23. The van der Waals surface area contributed by atoms with Gasteiger partial charge in [-0.05, 0) is 13.3 Å². The average Bonchev–Trinajstić information content (AvgIpc) is 2.71. The van der Waals surface area contributed by atoms with E-state index in [0.29, 0.717) is 6.54 Å². The Morgan fingerprint density at radius 1 is 1.67 bits per heavy atom. The van der Waals surface area contributed by atoms with Crippen molar-refractivity contribution in [1.82, 2.24) is 20.1 Å². The first-order valence-electron chi connectivity index (χ1n) is 4.97. The molecule has 0 spiro atoms. The summed E-state index contributed by atoms with van der Waals surface area (Å²) in [6.07, 6.45) is 2.43. The lowest BCUT2D eigenvalue weighted by atomic mass is 10.3. The van der Waals surface area contributed by atoms with Gasteiger partial charge in [0.05, 0.1) is 11.4 Å². The minimum Gasteiger partial charge on any atom is -0.348 e. The normalized spacial score (nSPS) is 12.5. The van der Waals surface area contributed by atoms with Crippen LogP contribution >= 0.6 is 15.9 Å². The van der Waals surface area contributed by atoms with E-state index in [-0.39, 0.29) is 10.7 Å². The zero-order valence-corrected chi connectivity index (χ0v) is 10.5. The van der Waals surface area contributed by atoms with Crippen molar-refractivity contribution in [2.24, 2.45) is 0 Å². The molecule has 6 heteroatoms. The van der Waals surface area contributed by atoms with Gasteiger partial charge in [-0.2, -0.15) is 0 Å². The van der Waals surface area contributed by atoms with Crippen molar-refractivity contribution in [3.63, 3.8) is 0 Å². The quantitative estimate of drug-likeness (QED) is 0.818. The molecule has 0 aliphatic heterocycles. The molecule has 0 radical (unpaired) electrons. The Balaban J connectivity index is 2.47. The van der Waals surface area contributed by atoms with Crippen LogP contribution in [0.2, 0.25) is 0 Å². The molecule has 15 heavy (non-hydrogen) atoms. The highest BCUT2D eigenvalue weighted by atomic mass is 79.9. The third kappa shape index (κ3) is 3.30. The number of nitrogens with zero attached hydrogens (tertiary/aromatic N) is 3. The van der Waals surface area contributed by atoms with E-state index < -0.39 is 0 Å². The second-order valence-electron chi connectivity index (χ2n) is 3.13. The number of aromatic nitrogens is 3. The molecule has 0 aliphatic carbocycles. The predicted molar refractivity (Wildman–Crippen MR) is 60.5 cm³/mol. The van der Waals surface area contributed by atoms with Gasteiger partial charge < -0.3 is 9.88 Å². The predicted octanol–water partition coefficient (Wildman–Crippen LogP) is 1.09. The fraction of sp³-hybridized carbons (Fsp3) is 0.667. The van der Waals surface area contributed by atoms with Gasteiger partial charge in [-0.15, -0.1) is 10.2 Å². The Hall–Kier alpha value is -0.910. The standard InChI is InChI=1S/C9H15BrN4O/c1-3-7(10)9(15)11-5-8-13-12-6-14(8)4-2/h6-7H,3-5H2,1-2H3,(H,11,15). The summed E-state index contributed by atoms with van der Waals surface area (Å²) in [6, 6.07) is 0. The van der Waals surface area contributed by atoms with Gasteiger partial charge in [-0.1, -0.05) is 22.9 Å². The molecule has 5 nitrogen and oxygen atoms in total. The Labute approximate surface area is 97.4 Å². The van der Waals surface area contributed by atoms with E-state index in [1.54, 1.807) is 6.33 Å². The van der Waals surface area contributed by atoms with Crippen molar-refractivity contribution in [1.29, 1.82) is 0 Å². The Morgan fingerprint density at radius 2 is 2.40 bits per heavy atom. The van der Waals surface area contributed by atoms with E-state index in [4.69, 9.17) is 0 Å². The van der Waals surface area contributed by atoms with Crippen LogP contribution < -0.4 is 5.32 Å². The Kier molecular flexibility index (Phi) is 4.74. The van der Waals surface area contributed by atoms with Crippen molar-refractivity contribution >= 4 is 21.8 Å². The summed E-state index contributed by atoms with van der Waals surface area (Å²) in [6.45, 7) is 5.19. The van der Waals surface area contributed by atoms with Gasteiger partial charge in [0.15, 0.2) is 5.82 Å². The number of nitrogens with one attached hydrogen (secondary N) is 1. The highest BCUT2D eigenvalue weighted by Gasteiger charge is 2.12. The molecule has 1 unspecified atom stereocenters. The fourth-order valence-corrected chi connectivity index (χ4v) is 1.30. The summed E-state index contributed by atoms with van der Waals surface area (Å²) >= 11 is 3.29. The number of aryl methyl sites for hydroxylation is 1. The van der Waals surface area contributed by atoms with Crippen LogP contribution in [-0.2, 0) is 17.9 Å². The van der Waals surface area contributed by atoms with E-state index in [9.17, 15) is 4.79 Å². The molecule has 1 N–H and O–H groups in total. The van der Waals surface area contributed by atoms with Crippen LogP contribution in [0.3, 0.4) is 0 Å². The van der Waals surface area contributed by atoms with E-state index in [0.717, 1.165) is 18.8 Å². The molecule has 0 aromatic carbocycles. The number of hydrogen-bond acceptors (Lipinski definition) is 3. The lowest BCUT2D eigenvalue weighted by Crippen LogP contribution is -2.31. The summed E-state index contributed by atoms with van der Waals surface area (Å²) in [7, 11) is 0. The second kappa shape index (κ2) is 5.85. The maximum absolute atomic E-state index is 11.5. The number of carbonyl (C=O) groups excluding carboxylic acids is 1. The van der Waals surface area contributed by atoms with Gasteiger partial charge in [0.1, 0.15) is 6.33 Å². The Morgan fingerprint density at radius 3 is 3.00 bits per heavy atom. The van der Waals surface area contributed by atoms with Crippen molar-refractivity contribution < 1.29 is 4.79 Å². The number of rotatable bonds is 5. The summed E-state index contributed by atoms with van der Waals surface area (Å²) in [5.41, 5.74) is 0. The summed E-state index contributed by atoms with van der Waals surface area (Å²) in [5.74, 6) is 0.768. The molecule has 1 atom stereocenters. The molecule has 0 saturated heterocycles. The number of carbonyl (C=O) groups is 1. The summed E-state index contributed by atoms with van der Waals surface area (Å²) in [5, 5.41) is 10.5. The van der Waals surface area contributed by atoms with Crippen molar-refractivity contribution in [2.45, 2.75) is 38.2 Å². The highest BCUT2D eigenvalue weighted by Crippen LogP contribution is 2.04. The number of amides is 1. The molecular weight excluding hydrogens is 260 g/mol. The van der Waals surface area contributed by atoms with Crippen LogP contribution in [0, 0.1) is 0 Å². The number of halogens is 1. The molecular formula is C9H15BrN4O. The maximum Gasteiger partial charge on any atom is 0.234 e. The molecule has 1 aromatic rings. The van der Waals surface area contributed by atoms with Crippen LogP contribution in [0.4, 0.5) is 0 Å². The Bertz CT molecular complexity index is 326. The van der Waals surface area contributed by atoms with Crippen molar-refractivity contribution in [3.8, 4) is 0 Å². The van der Waals surface area contributed by atoms with Gasteiger partial charge in [0.25, 0.3) is 0 Å². The van der Waals surface area contributed by atoms with Crippen LogP contribution in [-0.4, -0.2) is 25.5 Å². The lowest BCUT2D eigenvalue weighted by Gasteiger charge is -2.08. The molecule has 84 valence electrons. The minimum absolute atomic E-state index is 0.0110. The SMILES string of the molecule is CCC(Br)C(=O)NCc1nncn1CC. The first-order valence-corrected chi connectivity index (χ1v) is 5.89. The average molecular weight is 275 g/mol. The van der Waals surface area contributed by atoms with Crippen LogP contribution in [0.25, 0.3) is 0 Å². The van der Waals surface area contributed by atoms with E-state index >= 15 is 0 Å². The molecule has 1 amide bonds. The van der Waals surface area contributed by atoms with Crippen molar-refractivity contribution in [3.05, 3.63) is 12.2 Å². The van der Waals surface area contributed by atoms with Crippen LogP contribution in [0.5, 0.6) is 0 Å². The third-order valence-corrected chi connectivity index (χ3v) is 3.16. The smallest absolute Gasteiger partial charge is 0.234 e. The molecule has 0 saturated carbocycles. The van der Waals surface area contributed by atoms with E-state index in [1.807, 2.05) is 18.4 Å². The largest absolute Gasteiger partial charge is 0.348 e. The van der Waals surface area contributed by atoms with Crippen LogP contribution in [0.15, 0.2) is 6.33 Å². The summed E-state index contributed by atoms with van der Waals surface area (Å²) < 4.78 is 1.90. The van der Waals surface area contributed by atoms with Gasteiger partial charge in [0.2, 0.25) is 5.91 Å². The molecule has 0 aliphatic rings. The molecule has 0 fully saturated rings. The van der Waals surface area contributed by atoms with E-state index in [1.165, 1.54) is 0 Å². The third-order valence-electron chi connectivity index (χ3n) is 2.10. The zero-order valence-electron chi connectivity index (χ0n) is 8.90. The topological polar surface area (TPSA) is 59.8 Å². The van der Waals surface area contributed by atoms with Gasteiger partial charge in [0, 0.05) is 6.54 Å². The molecule has 1 heterocycles. The summed E-state index contributed by atoms with van der Waals surface area (Å²) in [4.78, 5) is 11.3. The first kappa shape index (κ1) is 12.2. The minimum atomic E-state index is -0.129. The van der Waals surface area contributed by atoms with Gasteiger partial charge in [-0.25, -0.2) is 0 Å². The van der Waals surface area contributed by atoms with Gasteiger partial charge >= 0.3 is 0 Å². The monoisotopic (exact) mass is 274 g/mol. The fourth-order valence-electron chi connectivity index (χ4n) is 1.14. The number of hydrogen-bond donors (Lipinski definition) is 1. The lowest BCUT2D eigenvalue weighted by molar-refractivity contribution is -0.120. The molecule has 0 bridgehead atoms. The highest BCUT2D eigenvalue weighted by molar-refractivity contribution is 9.10. The maximum atomic E-state index is 11.5. The van der Waals surface area contributed by atoms with Gasteiger partial charge in [-0.3, -0.25) is 4.79 Å². The number of alkyl halides is 1. The van der Waals surface area contributed by atoms with Crippen LogP contribution in [0.1, 0.15) is 26.1 Å². The van der Waals surface area contributed by atoms with Crippen molar-refractivity contribution in [2.75, 3.05) is 0 Å². The zero-order chi connectivity index (χ0) is 11.3. The first-order chi connectivity index (χ1) is 7.19. The molecule has 1 aromatic heterocycles.